The van der Waals surface area contributed by atoms with Gasteiger partial charge in [-0.05, 0) is 40.2 Å². The summed E-state index contributed by atoms with van der Waals surface area (Å²) >= 11 is 6.76. The number of aromatic carboxylic acids is 1. The van der Waals surface area contributed by atoms with Crippen molar-refractivity contribution in [2.24, 2.45) is 0 Å². The first-order valence-corrected chi connectivity index (χ1v) is 6.56. The van der Waals surface area contributed by atoms with Crippen molar-refractivity contribution < 1.29 is 9.90 Å². The Morgan fingerprint density at radius 3 is 2.67 bits per heavy atom. The second-order valence-corrected chi connectivity index (χ2v) is 5.25. The van der Waals surface area contributed by atoms with Crippen LogP contribution >= 0.6 is 31.9 Å². The number of pyridine rings is 1. The lowest BCUT2D eigenvalue weighted by Gasteiger charge is -2.10. The van der Waals surface area contributed by atoms with Crippen molar-refractivity contribution in [2.75, 3.05) is 5.32 Å². The number of aromatic nitrogens is 1. The highest BCUT2D eigenvalue weighted by atomic mass is 79.9. The molecule has 0 saturated heterocycles. The minimum Gasteiger partial charge on any atom is -0.478 e. The second-order valence-electron chi connectivity index (χ2n) is 3.48. The molecule has 2 rings (SSSR count). The molecular formula is C12H8Br2N2O2. The Balaban J connectivity index is 2.37. The lowest BCUT2D eigenvalue weighted by Crippen LogP contribution is -2.03. The molecule has 0 amide bonds. The first-order valence-electron chi connectivity index (χ1n) is 4.97. The zero-order valence-electron chi connectivity index (χ0n) is 9.02. The number of halogens is 2. The molecule has 0 aliphatic heterocycles. The van der Waals surface area contributed by atoms with Crippen LogP contribution in [0.3, 0.4) is 0 Å². The zero-order chi connectivity index (χ0) is 13.1. The fraction of sp³-hybridized carbons (Fsp3) is 0. The average molecular weight is 372 g/mol. The van der Waals surface area contributed by atoms with Crippen molar-refractivity contribution in [1.82, 2.24) is 4.98 Å². The van der Waals surface area contributed by atoms with Crippen molar-refractivity contribution in [3.05, 3.63) is 51.2 Å². The first kappa shape index (κ1) is 13.0. The molecule has 92 valence electrons. The Morgan fingerprint density at radius 2 is 2.00 bits per heavy atom. The van der Waals surface area contributed by atoms with Gasteiger partial charge in [0.15, 0.2) is 0 Å². The number of benzene rings is 1. The second kappa shape index (κ2) is 5.49. The first-order chi connectivity index (χ1) is 8.58. The van der Waals surface area contributed by atoms with Crippen LogP contribution in [-0.4, -0.2) is 16.1 Å². The number of nitrogens with zero attached hydrogens (tertiary/aromatic N) is 1. The Kier molecular flexibility index (Phi) is 3.98. The molecule has 0 fully saturated rings. The van der Waals surface area contributed by atoms with Gasteiger partial charge in [-0.15, -0.1) is 0 Å². The number of carboxylic acid groups (broad SMARTS) is 1. The summed E-state index contributed by atoms with van der Waals surface area (Å²) in [6.45, 7) is 0. The number of hydrogen-bond donors (Lipinski definition) is 2. The third kappa shape index (κ3) is 2.88. The number of rotatable bonds is 3. The van der Waals surface area contributed by atoms with Gasteiger partial charge >= 0.3 is 5.97 Å². The fourth-order valence-corrected chi connectivity index (χ4v) is 2.56. The molecule has 1 aromatic carbocycles. The largest absolute Gasteiger partial charge is 0.478 e. The van der Waals surface area contributed by atoms with E-state index in [0.717, 1.165) is 14.6 Å². The van der Waals surface area contributed by atoms with Crippen molar-refractivity contribution in [3.63, 3.8) is 0 Å². The Hall–Kier alpha value is -1.40. The van der Waals surface area contributed by atoms with Crippen molar-refractivity contribution in [2.45, 2.75) is 0 Å². The summed E-state index contributed by atoms with van der Waals surface area (Å²) < 4.78 is 1.77. The van der Waals surface area contributed by atoms with Crippen molar-refractivity contribution >= 4 is 49.2 Å². The van der Waals surface area contributed by atoms with E-state index in [1.165, 1.54) is 18.5 Å². The van der Waals surface area contributed by atoms with Crippen LogP contribution in [0.15, 0.2) is 45.6 Å². The van der Waals surface area contributed by atoms with Crippen LogP contribution in [0.1, 0.15) is 10.4 Å². The summed E-state index contributed by atoms with van der Waals surface area (Å²) in [5.74, 6) is -0.992. The number of nitrogens with one attached hydrogen (secondary N) is 1. The molecule has 0 atom stereocenters. The van der Waals surface area contributed by atoms with Gasteiger partial charge in [0.2, 0.25) is 0 Å². The number of carbonyl (C=O) groups is 1. The molecule has 0 aliphatic rings. The fourth-order valence-electron chi connectivity index (χ4n) is 1.42. The zero-order valence-corrected chi connectivity index (χ0v) is 12.2. The molecule has 0 radical (unpaired) electrons. The van der Waals surface area contributed by atoms with Crippen LogP contribution < -0.4 is 5.32 Å². The maximum atomic E-state index is 11.1. The number of carboxylic acids is 1. The monoisotopic (exact) mass is 370 g/mol. The summed E-state index contributed by atoms with van der Waals surface area (Å²) in [6.07, 6.45) is 2.93. The maximum absolute atomic E-state index is 11.1. The van der Waals surface area contributed by atoms with Crippen LogP contribution in [0.5, 0.6) is 0 Å². The normalized spacial score (nSPS) is 10.1. The molecule has 0 spiro atoms. The van der Waals surface area contributed by atoms with Gasteiger partial charge < -0.3 is 10.4 Å². The van der Waals surface area contributed by atoms with Gasteiger partial charge in [-0.3, -0.25) is 4.98 Å². The SMILES string of the molecule is O=C(O)c1ccncc1Nc1ccc(Br)cc1Br. The molecule has 4 nitrogen and oxygen atoms in total. The van der Waals surface area contributed by atoms with E-state index in [1.807, 2.05) is 18.2 Å². The van der Waals surface area contributed by atoms with E-state index >= 15 is 0 Å². The van der Waals surface area contributed by atoms with Gasteiger partial charge in [-0.25, -0.2) is 4.79 Å². The molecule has 18 heavy (non-hydrogen) atoms. The van der Waals surface area contributed by atoms with Gasteiger partial charge in [0.1, 0.15) is 0 Å². The van der Waals surface area contributed by atoms with Crippen molar-refractivity contribution in [1.29, 1.82) is 0 Å². The Bertz CT molecular complexity index is 602. The molecule has 0 unspecified atom stereocenters. The van der Waals surface area contributed by atoms with E-state index in [0.29, 0.717) is 5.69 Å². The van der Waals surface area contributed by atoms with Gasteiger partial charge in [0.05, 0.1) is 23.1 Å². The van der Waals surface area contributed by atoms with E-state index < -0.39 is 5.97 Å². The van der Waals surface area contributed by atoms with E-state index in [-0.39, 0.29) is 5.56 Å². The average Bonchev–Trinajstić information content (AvgIpc) is 2.33. The van der Waals surface area contributed by atoms with Crippen molar-refractivity contribution in [3.8, 4) is 0 Å². The van der Waals surface area contributed by atoms with E-state index in [1.54, 1.807) is 0 Å². The van der Waals surface area contributed by atoms with Gasteiger partial charge in [0.25, 0.3) is 0 Å². The third-order valence-corrected chi connectivity index (χ3v) is 3.40. The van der Waals surface area contributed by atoms with Crippen LogP contribution in [0.4, 0.5) is 11.4 Å². The highest BCUT2D eigenvalue weighted by Gasteiger charge is 2.10. The molecule has 0 aliphatic carbocycles. The molecule has 2 aromatic rings. The van der Waals surface area contributed by atoms with Crippen LogP contribution in [0.25, 0.3) is 0 Å². The Morgan fingerprint density at radius 1 is 1.22 bits per heavy atom. The number of hydrogen-bond acceptors (Lipinski definition) is 3. The quantitative estimate of drug-likeness (QED) is 0.854. The standard InChI is InChI=1S/C12H8Br2N2O2/c13-7-1-2-10(9(14)5-7)16-11-6-15-4-3-8(11)12(17)18/h1-6,16H,(H,17,18). The minimum absolute atomic E-state index is 0.180. The lowest BCUT2D eigenvalue weighted by atomic mass is 10.2. The molecule has 1 aromatic heterocycles. The predicted octanol–water partition coefficient (Wildman–Crippen LogP) is 4.05. The predicted molar refractivity (Wildman–Crippen MR) is 76.3 cm³/mol. The number of anilines is 2. The van der Waals surface area contributed by atoms with Gasteiger partial charge in [0, 0.05) is 15.1 Å². The van der Waals surface area contributed by atoms with Crippen LogP contribution in [-0.2, 0) is 0 Å². The highest BCUT2D eigenvalue weighted by Crippen LogP contribution is 2.29. The van der Waals surface area contributed by atoms with E-state index in [2.05, 4.69) is 42.2 Å². The van der Waals surface area contributed by atoms with Crippen LogP contribution in [0, 0.1) is 0 Å². The lowest BCUT2D eigenvalue weighted by molar-refractivity contribution is 0.0698. The third-order valence-electron chi connectivity index (χ3n) is 2.25. The van der Waals surface area contributed by atoms with E-state index in [9.17, 15) is 4.79 Å². The molecule has 0 bridgehead atoms. The maximum Gasteiger partial charge on any atom is 0.337 e. The summed E-state index contributed by atoms with van der Waals surface area (Å²) in [6, 6.07) is 7.03. The van der Waals surface area contributed by atoms with E-state index in [4.69, 9.17) is 5.11 Å². The molecule has 1 heterocycles. The molecule has 0 saturated carbocycles. The summed E-state index contributed by atoms with van der Waals surface area (Å²) in [5, 5.41) is 12.1. The molecule has 2 N–H and O–H groups in total. The highest BCUT2D eigenvalue weighted by molar-refractivity contribution is 9.11. The molecular weight excluding hydrogens is 364 g/mol. The topological polar surface area (TPSA) is 62.2 Å². The van der Waals surface area contributed by atoms with Gasteiger partial charge in [-0.1, -0.05) is 15.9 Å². The summed E-state index contributed by atoms with van der Waals surface area (Å²) in [5.41, 5.74) is 1.40. The van der Waals surface area contributed by atoms with Crippen LogP contribution in [0.2, 0.25) is 0 Å². The minimum atomic E-state index is -0.992. The smallest absolute Gasteiger partial charge is 0.337 e. The summed E-state index contributed by atoms with van der Waals surface area (Å²) in [4.78, 5) is 15.0. The van der Waals surface area contributed by atoms with Gasteiger partial charge in [-0.2, -0.15) is 0 Å². The Labute approximate surface area is 120 Å². The molecule has 6 heteroatoms. The summed E-state index contributed by atoms with van der Waals surface area (Å²) in [7, 11) is 0.